The minimum atomic E-state index is -0.240. The fraction of sp³-hybridized carbons (Fsp3) is 0.500. The standard InChI is InChI=1S/C18H21ClN4O3/c19-14-5-2-1-4-13(14)17-21-20-16(26-17)12-22-7-9-23(10-8-22)18(24)15-6-3-11-25-15/h1-2,4-5,15H,3,6-12H2. The maximum atomic E-state index is 12.4. The van der Waals surface area contributed by atoms with E-state index in [0.29, 0.717) is 43.0 Å². The second-order valence-corrected chi connectivity index (χ2v) is 6.99. The van der Waals surface area contributed by atoms with E-state index in [1.807, 2.05) is 23.1 Å². The van der Waals surface area contributed by atoms with Crippen molar-refractivity contribution in [2.24, 2.45) is 0 Å². The molecule has 1 atom stereocenters. The second kappa shape index (κ2) is 7.73. The SMILES string of the molecule is O=C(C1CCCO1)N1CCN(Cc2nnc(-c3ccccc3Cl)o2)CC1. The summed E-state index contributed by atoms with van der Waals surface area (Å²) in [7, 11) is 0. The van der Waals surface area contributed by atoms with Gasteiger partial charge >= 0.3 is 0 Å². The highest BCUT2D eigenvalue weighted by atomic mass is 35.5. The molecule has 8 heteroatoms. The predicted molar refractivity (Wildman–Crippen MR) is 95.6 cm³/mol. The number of hydrogen-bond acceptors (Lipinski definition) is 6. The van der Waals surface area contributed by atoms with Gasteiger partial charge in [-0.05, 0) is 25.0 Å². The summed E-state index contributed by atoms with van der Waals surface area (Å²) in [4.78, 5) is 16.5. The molecule has 26 heavy (non-hydrogen) atoms. The first-order chi connectivity index (χ1) is 12.7. The van der Waals surface area contributed by atoms with E-state index in [9.17, 15) is 4.79 Å². The van der Waals surface area contributed by atoms with Crippen molar-refractivity contribution in [3.8, 4) is 11.5 Å². The topological polar surface area (TPSA) is 71.7 Å². The number of ether oxygens (including phenoxy) is 1. The summed E-state index contributed by atoms with van der Waals surface area (Å²) in [6.45, 7) is 4.22. The number of carbonyl (C=O) groups is 1. The summed E-state index contributed by atoms with van der Waals surface area (Å²) < 4.78 is 11.3. The van der Waals surface area contributed by atoms with Crippen LogP contribution in [0.25, 0.3) is 11.5 Å². The molecule has 0 radical (unpaired) electrons. The molecule has 0 spiro atoms. The number of amides is 1. The molecule has 0 saturated carbocycles. The van der Waals surface area contributed by atoms with Crippen LogP contribution in [0.1, 0.15) is 18.7 Å². The van der Waals surface area contributed by atoms with Crippen molar-refractivity contribution in [1.29, 1.82) is 0 Å². The average Bonchev–Trinajstić information content (AvgIpc) is 3.34. The van der Waals surface area contributed by atoms with Crippen LogP contribution in [0, 0.1) is 0 Å². The molecule has 0 N–H and O–H groups in total. The summed E-state index contributed by atoms with van der Waals surface area (Å²) in [5.74, 6) is 1.11. The fourth-order valence-electron chi connectivity index (χ4n) is 3.35. The summed E-state index contributed by atoms with van der Waals surface area (Å²) >= 11 is 6.17. The van der Waals surface area contributed by atoms with Crippen molar-refractivity contribution in [2.45, 2.75) is 25.5 Å². The van der Waals surface area contributed by atoms with E-state index in [1.165, 1.54) is 0 Å². The number of aromatic nitrogens is 2. The van der Waals surface area contributed by atoms with Crippen molar-refractivity contribution in [1.82, 2.24) is 20.0 Å². The van der Waals surface area contributed by atoms with Gasteiger partial charge in [0.05, 0.1) is 17.1 Å². The Morgan fingerprint density at radius 3 is 2.73 bits per heavy atom. The maximum absolute atomic E-state index is 12.4. The Labute approximate surface area is 156 Å². The molecule has 138 valence electrons. The van der Waals surface area contributed by atoms with Gasteiger partial charge in [0.25, 0.3) is 5.91 Å². The van der Waals surface area contributed by atoms with Gasteiger partial charge in [-0.1, -0.05) is 23.7 Å². The lowest BCUT2D eigenvalue weighted by Gasteiger charge is -2.35. The Hall–Kier alpha value is -1.96. The zero-order valence-corrected chi connectivity index (χ0v) is 15.2. The molecule has 4 rings (SSSR count). The highest BCUT2D eigenvalue weighted by molar-refractivity contribution is 6.33. The number of halogens is 1. The molecule has 2 aromatic rings. The molecule has 0 bridgehead atoms. The molecule has 1 aromatic carbocycles. The Bertz CT molecular complexity index is 767. The lowest BCUT2D eigenvalue weighted by Crippen LogP contribution is -2.51. The minimum absolute atomic E-state index is 0.126. The number of benzene rings is 1. The van der Waals surface area contributed by atoms with Gasteiger partial charge < -0.3 is 14.1 Å². The molecule has 7 nitrogen and oxygen atoms in total. The highest BCUT2D eigenvalue weighted by Crippen LogP contribution is 2.26. The van der Waals surface area contributed by atoms with Crippen molar-refractivity contribution >= 4 is 17.5 Å². The van der Waals surface area contributed by atoms with Crippen LogP contribution in [0.2, 0.25) is 5.02 Å². The molecule has 2 fully saturated rings. The fourth-order valence-corrected chi connectivity index (χ4v) is 3.57. The molecular formula is C18H21ClN4O3. The molecule has 2 aliphatic heterocycles. The minimum Gasteiger partial charge on any atom is -0.419 e. The molecule has 2 saturated heterocycles. The van der Waals surface area contributed by atoms with Crippen LogP contribution in [0.4, 0.5) is 0 Å². The van der Waals surface area contributed by atoms with Gasteiger partial charge in [-0.25, -0.2) is 0 Å². The number of piperazine rings is 1. The van der Waals surface area contributed by atoms with E-state index >= 15 is 0 Å². The van der Waals surface area contributed by atoms with Crippen LogP contribution >= 0.6 is 11.6 Å². The van der Waals surface area contributed by atoms with Crippen LogP contribution in [0.5, 0.6) is 0 Å². The summed E-state index contributed by atoms with van der Waals surface area (Å²) in [6.07, 6.45) is 1.57. The molecule has 0 aliphatic carbocycles. The van der Waals surface area contributed by atoms with Crippen molar-refractivity contribution < 1.29 is 13.9 Å². The summed E-state index contributed by atoms with van der Waals surface area (Å²) in [6, 6.07) is 7.40. The van der Waals surface area contributed by atoms with Crippen LogP contribution < -0.4 is 0 Å². The summed E-state index contributed by atoms with van der Waals surface area (Å²) in [5, 5.41) is 8.81. The van der Waals surface area contributed by atoms with Gasteiger partial charge in [-0.2, -0.15) is 0 Å². The first-order valence-electron chi connectivity index (χ1n) is 8.91. The number of hydrogen-bond donors (Lipinski definition) is 0. The normalized spacial score (nSPS) is 21.3. The Balaban J connectivity index is 1.32. The predicted octanol–water partition coefficient (Wildman–Crippen LogP) is 2.21. The van der Waals surface area contributed by atoms with E-state index in [1.54, 1.807) is 6.07 Å². The van der Waals surface area contributed by atoms with Crippen LogP contribution in [0.15, 0.2) is 28.7 Å². The zero-order chi connectivity index (χ0) is 17.9. The van der Waals surface area contributed by atoms with E-state index in [2.05, 4.69) is 15.1 Å². The molecule has 2 aliphatic rings. The van der Waals surface area contributed by atoms with E-state index < -0.39 is 0 Å². The third kappa shape index (κ3) is 3.75. The van der Waals surface area contributed by atoms with Crippen LogP contribution in [-0.4, -0.2) is 64.8 Å². The Morgan fingerprint density at radius 1 is 1.19 bits per heavy atom. The third-order valence-corrected chi connectivity index (χ3v) is 5.15. The second-order valence-electron chi connectivity index (χ2n) is 6.58. The van der Waals surface area contributed by atoms with Crippen LogP contribution in [0.3, 0.4) is 0 Å². The first kappa shape index (κ1) is 17.5. The number of nitrogens with zero attached hydrogens (tertiary/aromatic N) is 4. The molecule has 1 unspecified atom stereocenters. The number of carbonyl (C=O) groups excluding carboxylic acids is 1. The Kier molecular flexibility index (Phi) is 5.19. The maximum Gasteiger partial charge on any atom is 0.251 e. The molecule has 1 aromatic heterocycles. The molecule has 3 heterocycles. The monoisotopic (exact) mass is 376 g/mol. The van der Waals surface area contributed by atoms with Gasteiger partial charge in [0.2, 0.25) is 11.8 Å². The first-order valence-corrected chi connectivity index (χ1v) is 9.28. The lowest BCUT2D eigenvalue weighted by atomic mass is 10.2. The Morgan fingerprint density at radius 2 is 2.00 bits per heavy atom. The van der Waals surface area contributed by atoms with Gasteiger partial charge in [-0.3, -0.25) is 9.69 Å². The van der Waals surface area contributed by atoms with Gasteiger partial charge in [0, 0.05) is 32.8 Å². The van der Waals surface area contributed by atoms with Crippen molar-refractivity contribution in [3.63, 3.8) is 0 Å². The third-order valence-electron chi connectivity index (χ3n) is 4.82. The zero-order valence-electron chi connectivity index (χ0n) is 14.4. The van der Waals surface area contributed by atoms with Crippen molar-refractivity contribution in [2.75, 3.05) is 32.8 Å². The largest absolute Gasteiger partial charge is 0.419 e. The van der Waals surface area contributed by atoms with E-state index in [4.69, 9.17) is 20.8 Å². The van der Waals surface area contributed by atoms with E-state index in [0.717, 1.165) is 31.5 Å². The van der Waals surface area contributed by atoms with Crippen molar-refractivity contribution in [3.05, 3.63) is 35.2 Å². The van der Waals surface area contributed by atoms with Crippen LogP contribution in [-0.2, 0) is 16.1 Å². The molecule has 1 amide bonds. The smallest absolute Gasteiger partial charge is 0.251 e. The number of rotatable bonds is 4. The van der Waals surface area contributed by atoms with Gasteiger partial charge in [0.1, 0.15) is 6.10 Å². The van der Waals surface area contributed by atoms with Gasteiger partial charge in [-0.15, -0.1) is 10.2 Å². The van der Waals surface area contributed by atoms with Gasteiger partial charge in [0.15, 0.2) is 0 Å². The molecular weight excluding hydrogens is 356 g/mol. The highest BCUT2D eigenvalue weighted by Gasteiger charge is 2.30. The summed E-state index contributed by atoms with van der Waals surface area (Å²) in [5.41, 5.74) is 0.736. The average molecular weight is 377 g/mol. The van der Waals surface area contributed by atoms with E-state index in [-0.39, 0.29) is 12.0 Å². The quantitative estimate of drug-likeness (QED) is 0.814. The lowest BCUT2D eigenvalue weighted by molar-refractivity contribution is -0.142.